The lowest BCUT2D eigenvalue weighted by Crippen LogP contribution is -2.30. The Kier molecular flexibility index (Phi) is 4.33. The molecule has 1 fully saturated rings. The van der Waals surface area contributed by atoms with Crippen LogP contribution in [0.4, 0.5) is 0 Å². The first-order valence-corrected chi connectivity index (χ1v) is 10.5. The minimum Gasteiger partial charge on any atom is -0.352 e. The van der Waals surface area contributed by atoms with Crippen LogP contribution in [0.25, 0.3) is 15.3 Å². The standard InChI is InChI=1S/C21H19N5S2/c1-2-25-19(18(24-20(25)27)15-9-5-6-12-22-15)16-10-7-13-26(16)21-23-14-8-3-4-11-17(14)28-21/h3-13,18-19H,2H2,1H3,(H,24,27)/t18-,19+/m0/s1. The first-order chi connectivity index (χ1) is 13.8. The number of hydrogen-bond donors (Lipinski definition) is 1. The van der Waals surface area contributed by atoms with Gasteiger partial charge in [-0.1, -0.05) is 29.5 Å². The van der Waals surface area contributed by atoms with Crippen molar-refractivity contribution < 1.29 is 0 Å². The van der Waals surface area contributed by atoms with Gasteiger partial charge in [-0.15, -0.1) is 0 Å². The molecule has 2 atom stereocenters. The molecule has 0 unspecified atom stereocenters. The van der Waals surface area contributed by atoms with E-state index in [-0.39, 0.29) is 12.1 Å². The number of thiocarbonyl (C=S) groups is 1. The van der Waals surface area contributed by atoms with E-state index in [9.17, 15) is 0 Å². The third-order valence-corrected chi connectivity index (χ3v) is 6.50. The number of fused-ring (bicyclic) bond motifs is 1. The van der Waals surface area contributed by atoms with Gasteiger partial charge >= 0.3 is 0 Å². The van der Waals surface area contributed by atoms with Crippen molar-refractivity contribution in [3.63, 3.8) is 0 Å². The Bertz CT molecular complexity index is 1100. The monoisotopic (exact) mass is 405 g/mol. The van der Waals surface area contributed by atoms with E-state index in [2.05, 4.69) is 69.3 Å². The van der Waals surface area contributed by atoms with Crippen molar-refractivity contribution in [1.82, 2.24) is 24.8 Å². The molecule has 28 heavy (non-hydrogen) atoms. The van der Waals surface area contributed by atoms with Crippen LogP contribution < -0.4 is 5.32 Å². The maximum absolute atomic E-state index is 5.64. The van der Waals surface area contributed by atoms with Crippen molar-refractivity contribution in [2.24, 2.45) is 0 Å². The second-order valence-electron chi connectivity index (χ2n) is 6.68. The summed E-state index contributed by atoms with van der Waals surface area (Å²) < 4.78 is 3.37. The number of aromatic nitrogens is 3. The molecule has 5 rings (SSSR count). The van der Waals surface area contributed by atoms with Gasteiger partial charge in [0, 0.05) is 18.9 Å². The maximum Gasteiger partial charge on any atom is 0.194 e. The minimum atomic E-state index is -0.00308. The third kappa shape index (κ3) is 2.78. The molecule has 0 saturated carbocycles. The van der Waals surface area contributed by atoms with E-state index in [1.807, 2.05) is 24.4 Å². The van der Waals surface area contributed by atoms with Crippen LogP contribution in [0, 0.1) is 0 Å². The molecule has 3 aromatic heterocycles. The van der Waals surface area contributed by atoms with Crippen LogP contribution in [0.1, 0.15) is 30.4 Å². The summed E-state index contributed by atoms with van der Waals surface area (Å²) in [6.45, 7) is 2.96. The lowest BCUT2D eigenvalue weighted by atomic mass is 10.0. The van der Waals surface area contributed by atoms with E-state index in [0.29, 0.717) is 0 Å². The second-order valence-corrected chi connectivity index (χ2v) is 8.08. The first kappa shape index (κ1) is 17.3. The highest BCUT2D eigenvalue weighted by atomic mass is 32.1. The van der Waals surface area contributed by atoms with Gasteiger partial charge in [-0.05, 0) is 55.5 Å². The smallest absolute Gasteiger partial charge is 0.194 e. The molecule has 1 aliphatic heterocycles. The number of para-hydroxylation sites is 1. The van der Waals surface area contributed by atoms with Crippen LogP contribution in [0.3, 0.4) is 0 Å². The van der Waals surface area contributed by atoms with Gasteiger partial charge in [0.25, 0.3) is 0 Å². The Morgan fingerprint density at radius 2 is 1.96 bits per heavy atom. The predicted molar refractivity (Wildman–Crippen MR) is 117 cm³/mol. The highest BCUT2D eigenvalue weighted by Crippen LogP contribution is 2.40. The molecule has 5 nitrogen and oxygen atoms in total. The Hall–Kier alpha value is -2.77. The Labute approximate surface area is 172 Å². The van der Waals surface area contributed by atoms with E-state index in [1.165, 1.54) is 4.70 Å². The van der Waals surface area contributed by atoms with Gasteiger partial charge in [0.05, 0.1) is 33.7 Å². The molecule has 0 aliphatic carbocycles. The van der Waals surface area contributed by atoms with Crippen LogP contribution in [-0.2, 0) is 0 Å². The van der Waals surface area contributed by atoms with Gasteiger partial charge < -0.3 is 10.2 Å². The number of likely N-dealkylation sites (N-methyl/N-ethyl adjacent to an activating group) is 1. The zero-order valence-corrected chi connectivity index (χ0v) is 17.0. The average Bonchev–Trinajstić information content (AvgIpc) is 3.44. The maximum atomic E-state index is 5.64. The summed E-state index contributed by atoms with van der Waals surface area (Å²) in [7, 11) is 0. The van der Waals surface area contributed by atoms with Crippen LogP contribution in [0.5, 0.6) is 0 Å². The number of rotatable bonds is 4. The summed E-state index contributed by atoms with van der Waals surface area (Å²) in [6.07, 6.45) is 3.91. The lowest BCUT2D eigenvalue weighted by Gasteiger charge is -2.27. The summed E-state index contributed by atoms with van der Waals surface area (Å²) in [6, 6.07) is 18.5. The van der Waals surface area contributed by atoms with E-state index < -0.39 is 0 Å². The van der Waals surface area contributed by atoms with Crippen LogP contribution in [-0.4, -0.2) is 31.1 Å². The zero-order valence-electron chi connectivity index (χ0n) is 15.3. The van der Waals surface area contributed by atoms with Crippen LogP contribution >= 0.6 is 23.6 Å². The molecule has 4 aromatic rings. The fourth-order valence-electron chi connectivity index (χ4n) is 3.84. The Morgan fingerprint density at radius 1 is 1.11 bits per heavy atom. The summed E-state index contributed by atoms with van der Waals surface area (Å²) in [5, 5.41) is 5.21. The molecule has 0 spiro atoms. The van der Waals surface area contributed by atoms with Gasteiger partial charge in [0.1, 0.15) is 0 Å². The summed E-state index contributed by atoms with van der Waals surface area (Å²) >= 11 is 7.34. The molecular weight excluding hydrogens is 386 g/mol. The van der Waals surface area contributed by atoms with Crippen molar-refractivity contribution in [3.8, 4) is 5.13 Å². The number of nitrogens with zero attached hydrogens (tertiary/aromatic N) is 4. The molecule has 1 aromatic carbocycles. The fraction of sp³-hybridized carbons (Fsp3) is 0.190. The van der Waals surface area contributed by atoms with Crippen molar-refractivity contribution in [1.29, 1.82) is 0 Å². The molecular formula is C21H19N5S2. The Balaban J connectivity index is 1.62. The lowest BCUT2D eigenvalue weighted by molar-refractivity contribution is 0.321. The van der Waals surface area contributed by atoms with Gasteiger partial charge in [0.2, 0.25) is 0 Å². The molecule has 4 heterocycles. The number of hydrogen-bond acceptors (Lipinski definition) is 4. The molecule has 1 aliphatic rings. The van der Waals surface area contributed by atoms with E-state index in [4.69, 9.17) is 17.2 Å². The average molecular weight is 406 g/mol. The molecule has 0 radical (unpaired) electrons. The van der Waals surface area contributed by atoms with Crippen molar-refractivity contribution in [2.75, 3.05) is 6.54 Å². The minimum absolute atomic E-state index is 0.00308. The predicted octanol–water partition coefficient (Wildman–Crippen LogP) is 4.47. The van der Waals surface area contributed by atoms with Gasteiger partial charge in [-0.2, -0.15) is 0 Å². The van der Waals surface area contributed by atoms with Crippen LogP contribution in [0.15, 0.2) is 67.0 Å². The third-order valence-electron chi connectivity index (χ3n) is 5.11. The summed E-state index contributed by atoms with van der Waals surface area (Å²) in [4.78, 5) is 11.7. The van der Waals surface area contributed by atoms with E-state index in [0.717, 1.165) is 33.7 Å². The largest absolute Gasteiger partial charge is 0.352 e. The number of nitrogens with one attached hydrogen (secondary N) is 1. The number of benzene rings is 1. The van der Waals surface area contributed by atoms with Crippen LogP contribution in [0.2, 0.25) is 0 Å². The molecule has 140 valence electrons. The zero-order chi connectivity index (χ0) is 19.1. The molecule has 0 bridgehead atoms. The van der Waals surface area contributed by atoms with Gasteiger partial charge in [-0.3, -0.25) is 9.55 Å². The summed E-state index contributed by atoms with van der Waals surface area (Å²) in [5.74, 6) is 0. The number of thiazole rings is 1. The van der Waals surface area contributed by atoms with Gasteiger partial charge in [-0.25, -0.2) is 4.98 Å². The van der Waals surface area contributed by atoms with Crippen molar-refractivity contribution >= 4 is 38.9 Å². The molecule has 1 saturated heterocycles. The second kappa shape index (κ2) is 7.00. The first-order valence-electron chi connectivity index (χ1n) is 9.27. The molecule has 7 heteroatoms. The normalized spacial score (nSPS) is 19.3. The highest BCUT2D eigenvalue weighted by molar-refractivity contribution is 7.80. The topological polar surface area (TPSA) is 46.0 Å². The molecule has 1 N–H and O–H groups in total. The summed E-state index contributed by atoms with van der Waals surface area (Å²) in [5.41, 5.74) is 3.17. The molecule has 0 amide bonds. The highest BCUT2D eigenvalue weighted by Gasteiger charge is 2.40. The van der Waals surface area contributed by atoms with Crippen molar-refractivity contribution in [3.05, 3.63) is 78.4 Å². The fourth-order valence-corrected chi connectivity index (χ4v) is 5.18. The SMILES string of the molecule is CCN1C(=S)N[C@@H](c2ccccn2)[C@H]1c1cccn1-c1nc2ccccc2s1. The van der Waals surface area contributed by atoms with Crippen molar-refractivity contribution in [2.45, 2.75) is 19.0 Å². The van der Waals surface area contributed by atoms with Gasteiger partial charge in [0.15, 0.2) is 10.2 Å². The van der Waals surface area contributed by atoms with E-state index >= 15 is 0 Å². The Morgan fingerprint density at radius 3 is 2.75 bits per heavy atom. The quantitative estimate of drug-likeness (QED) is 0.508. The number of pyridine rings is 1. The van der Waals surface area contributed by atoms with E-state index in [1.54, 1.807) is 11.3 Å².